The van der Waals surface area contributed by atoms with Crippen LogP contribution in [0.2, 0.25) is 0 Å². The molecule has 0 atom stereocenters. The Morgan fingerprint density at radius 3 is 2.64 bits per heavy atom. The first-order valence-electron chi connectivity index (χ1n) is 15.0. The second-order valence-electron chi connectivity index (χ2n) is 12.8. The molecule has 7 rings (SSSR count). The molecule has 1 saturated heterocycles. The van der Waals surface area contributed by atoms with E-state index in [4.69, 9.17) is 4.74 Å². The predicted octanol–water partition coefficient (Wildman–Crippen LogP) is 3.50. The molecule has 6 heterocycles. The summed E-state index contributed by atoms with van der Waals surface area (Å²) in [5, 5.41) is 13.8. The summed E-state index contributed by atoms with van der Waals surface area (Å²) in [5.41, 5.74) is 6.46. The molecule has 11 heteroatoms. The third-order valence-electron chi connectivity index (χ3n) is 9.12. The fourth-order valence-electron chi connectivity index (χ4n) is 6.78. The molecular formula is C33H37N7O4. The zero-order valence-corrected chi connectivity index (χ0v) is 25.5. The molecule has 0 radical (unpaired) electrons. The van der Waals surface area contributed by atoms with Gasteiger partial charge in [0.05, 0.1) is 24.6 Å². The van der Waals surface area contributed by atoms with Crippen LogP contribution in [0.15, 0.2) is 53.7 Å². The van der Waals surface area contributed by atoms with Crippen molar-refractivity contribution in [3.8, 4) is 11.1 Å². The van der Waals surface area contributed by atoms with E-state index in [0.29, 0.717) is 52.8 Å². The number of nitrogens with one attached hydrogen (secondary N) is 1. The average molecular weight is 596 g/mol. The van der Waals surface area contributed by atoms with Gasteiger partial charge in [-0.25, -0.2) is 9.97 Å². The second-order valence-corrected chi connectivity index (χ2v) is 12.8. The zero-order valence-electron chi connectivity index (χ0n) is 25.5. The summed E-state index contributed by atoms with van der Waals surface area (Å²) in [6, 6.07) is 9.41. The highest BCUT2D eigenvalue weighted by molar-refractivity contribution is 6.06. The van der Waals surface area contributed by atoms with Gasteiger partial charge in [-0.1, -0.05) is 13.8 Å². The van der Waals surface area contributed by atoms with Gasteiger partial charge >= 0.3 is 0 Å². The maximum atomic E-state index is 13.8. The first kappa shape index (κ1) is 28.3. The van der Waals surface area contributed by atoms with Crippen molar-refractivity contribution in [3.63, 3.8) is 0 Å². The van der Waals surface area contributed by atoms with Gasteiger partial charge in [0.25, 0.3) is 11.5 Å². The van der Waals surface area contributed by atoms with E-state index in [1.807, 2.05) is 18.2 Å². The Hall–Kier alpha value is -4.48. The van der Waals surface area contributed by atoms with Crippen LogP contribution in [0, 0.1) is 5.41 Å². The molecule has 0 spiro atoms. The van der Waals surface area contributed by atoms with E-state index in [0.717, 1.165) is 31.6 Å². The number of hydrogen-bond donors (Lipinski definition) is 2. The van der Waals surface area contributed by atoms with Gasteiger partial charge in [0.1, 0.15) is 23.0 Å². The van der Waals surface area contributed by atoms with Crippen LogP contribution in [0.5, 0.6) is 0 Å². The van der Waals surface area contributed by atoms with E-state index in [1.54, 1.807) is 49.8 Å². The molecular weight excluding hydrogens is 558 g/mol. The summed E-state index contributed by atoms with van der Waals surface area (Å²) in [6.45, 7) is 6.99. The van der Waals surface area contributed by atoms with E-state index in [1.165, 1.54) is 15.8 Å². The minimum Gasteiger partial charge on any atom is -0.392 e. The highest BCUT2D eigenvalue weighted by atomic mass is 16.5. The summed E-state index contributed by atoms with van der Waals surface area (Å²) < 4.78 is 9.02. The number of amides is 1. The summed E-state index contributed by atoms with van der Waals surface area (Å²) >= 11 is 0. The molecule has 1 amide bonds. The van der Waals surface area contributed by atoms with Crippen molar-refractivity contribution >= 4 is 28.9 Å². The van der Waals surface area contributed by atoms with E-state index in [-0.39, 0.29) is 29.6 Å². The number of rotatable bonds is 7. The van der Waals surface area contributed by atoms with Crippen LogP contribution < -0.4 is 20.7 Å². The molecule has 0 bridgehead atoms. The maximum absolute atomic E-state index is 13.8. The number of aryl methyl sites for hydroxylation is 1. The molecule has 228 valence electrons. The fraction of sp³-hybridized carbons (Fsp3) is 0.394. The van der Waals surface area contributed by atoms with Crippen LogP contribution in [0.3, 0.4) is 0 Å². The highest BCUT2D eigenvalue weighted by Gasteiger charge is 2.37. The Morgan fingerprint density at radius 2 is 1.91 bits per heavy atom. The zero-order chi connectivity index (χ0) is 30.7. The van der Waals surface area contributed by atoms with Crippen molar-refractivity contribution in [1.82, 2.24) is 19.1 Å². The molecule has 0 unspecified atom stereocenters. The highest BCUT2D eigenvalue weighted by Crippen LogP contribution is 2.40. The first-order valence-corrected chi connectivity index (χ1v) is 15.0. The minimum atomic E-state index is -0.316. The van der Waals surface area contributed by atoms with Crippen molar-refractivity contribution in [1.29, 1.82) is 0 Å². The summed E-state index contributed by atoms with van der Waals surface area (Å²) in [4.78, 5) is 39.9. The molecule has 0 saturated carbocycles. The largest absolute Gasteiger partial charge is 0.392 e. The number of aromatic nitrogens is 4. The number of fused-ring (bicyclic) bond motifs is 3. The molecule has 11 nitrogen and oxygen atoms in total. The van der Waals surface area contributed by atoms with Gasteiger partial charge in [-0.15, -0.1) is 0 Å². The number of anilines is 4. The standard InChI is InChI=1S/C33H37N7O4/c1-33(2)13-20-12-27-32(43)40(10-9-39(27)28(20)14-33)30-25(19-41)24(7-8-34-30)21-11-26(31(42)37(3)16-21)36-29-6-5-22(15-35-29)38-17-23(18-38)44-4/h5-8,11-12,15-16,23,41H,9-10,13-14,17-19H2,1-4H3,(H,35,36). The van der Waals surface area contributed by atoms with E-state index in [9.17, 15) is 14.7 Å². The SMILES string of the molecule is COC1CN(c2ccc(Nc3cc(-c4ccnc(N5CCn6c(cc7c6CC(C)(C)C7)C5=O)c4CO)cn(C)c3=O)nc2)C1. The Bertz CT molecular complexity index is 1820. The third-order valence-corrected chi connectivity index (χ3v) is 9.12. The summed E-state index contributed by atoms with van der Waals surface area (Å²) in [6.07, 6.45) is 7.32. The Balaban J connectivity index is 1.17. The first-order chi connectivity index (χ1) is 21.2. The van der Waals surface area contributed by atoms with Crippen molar-refractivity contribution in [2.75, 3.05) is 41.9 Å². The predicted molar refractivity (Wildman–Crippen MR) is 169 cm³/mol. The molecule has 2 aliphatic heterocycles. The number of hydrogen-bond acceptors (Lipinski definition) is 8. The Kier molecular flexibility index (Phi) is 6.82. The van der Waals surface area contributed by atoms with Crippen LogP contribution in [0.25, 0.3) is 11.1 Å². The maximum Gasteiger partial charge on any atom is 0.276 e. The lowest BCUT2D eigenvalue weighted by molar-refractivity contribution is 0.0787. The molecule has 4 aromatic heterocycles. The van der Waals surface area contributed by atoms with E-state index in [2.05, 4.69) is 38.6 Å². The Labute approximate surface area is 255 Å². The molecule has 0 aromatic carbocycles. The van der Waals surface area contributed by atoms with Gasteiger partial charge < -0.3 is 29.2 Å². The number of nitrogens with zero attached hydrogens (tertiary/aromatic N) is 6. The van der Waals surface area contributed by atoms with Crippen molar-refractivity contribution in [2.45, 2.75) is 45.9 Å². The number of aliphatic hydroxyl groups excluding tert-OH is 1. The van der Waals surface area contributed by atoms with Gasteiger partial charge in [-0.3, -0.25) is 14.5 Å². The topological polar surface area (TPSA) is 118 Å². The van der Waals surface area contributed by atoms with Crippen molar-refractivity contribution in [2.24, 2.45) is 12.5 Å². The van der Waals surface area contributed by atoms with Gasteiger partial charge in [0.2, 0.25) is 0 Å². The van der Waals surface area contributed by atoms with Gasteiger partial charge in [-0.05, 0) is 59.7 Å². The molecule has 4 aromatic rings. The number of carbonyl (C=O) groups is 1. The lowest BCUT2D eigenvalue weighted by Crippen LogP contribution is -2.51. The van der Waals surface area contributed by atoms with Crippen LogP contribution in [0.1, 0.15) is 41.2 Å². The van der Waals surface area contributed by atoms with Crippen LogP contribution in [-0.2, 0) is 37.8 Å². The molecule has 1 aliphatic carbocycles. The van der Waals surface area contributed by atoms with Crippen molar-refractivity contribution < 1.29 is 14.6 Å². The molecule has 1 fully saturated rings. The monoisotopic (exact) mass is 595 g/mol. The smallest absolute Gasteiger partial charge is 0.276 e. The number of aliphatic hydroxyl groups is 1. The fourth-order valence-corrected chi connectivity index (χ4v) is 6.78. The van der Waals surface area contributed by atoms with Gasteiger partial charge in [-0.2, -0.15) is 0 Å². The van der Waals surface area contributed by atoms with Gasteiger partial charge in [0, 0.05) is 69.6 Å². The molecule has 44 heavy (non-hydrogen) atoms. The number of carbonyl (C=O) groups excluding carboxylic acids is 1. The summed E-state index contributed by atoms with van der Waals surface area (Å²) in [7, 11) is 3.40. The summed E-state index contributed by atoms with van der Waals surface area (Å²) in [5.74, 6) is 0.864. The average Bonchev–Trinajstić information content (AvgIpc) is 3.47. The Morgan fingerprint density at radius 1 is 1.09 bits per heavy atom. The number of methoxy groups -OCH3 is 1. The quantitative estimate of drug-likeness (QED) is 0.334. The van der Waals surface area contributed by atoms with Gasteiger partial charge in [0.15, 0.2) is 0 Å². The van der Waals surface area contributed by atoms with E-state index < -0.39 is 0 Å². The van der Waals surface area contributed by atoms with Crippen LogP contribution >= 0.6 is 0 Å². The normalized spacial score (nSPS) is 17.4. The lowest BCUT2D eigenvalue weighted by atomic mass is 9.90. The minimum absolute atomic E-state index is 0.115. The van der Waals surface area contributed by atoms with Crippen LogP contribution in [0.4, 0.5) is 23.0 Å². The van der Waals surface area contributed by atoms with E-state index >= 15 is 0 Å². The third kappa shape index (κ3) is 4.76. The number of pyridine rings is 3. The van der Waals surface area contributed by atoms with Crippen molar-refractivity contribution in [3.05, 3.63) is 81.8 Å². The molecule has 2 N–H and O–H groups in total. The van der Waals surface area contributed by atoms with Crippen LogP contribution in [-0.4, -0.2) is 63.0 Å². The number of ether oxygens (including phenoxy) is 1. The lowest BCUT2D eigenvalue weighted by Gasteiger charge is -2.39. The molecule has 3 aliphatic rings. The second kappa shape index (κ2) is 10.6.